The van der Waals surface area contributed by atoms with E-state index in [1.807, 2.05) is 60.7 Å². The molecule has 4 aromatic carbocycles. The average molecular weight is 444 g/mol. The van der Waals surface area contributed by atoms with Gasteiger partial charge in [-0.2, -0.15) is 0 Å². The highest BCUT2D eigenvalue weighted by Crippen LogP contribution is 2.42. The molecule has 0 unspecified atom stereocenters. The highest BCUT2D eigenvalue weighted by Gasteiger charge is 2.43. The van der Waals surface area contributed by atoms with Crippen LogP contribution in [0.5, 0.6) is 0 Å². The van der Waals surface area contributed by atoms with Crippen molar-refractivity contribution >= 4 is 17.2 Å². The fourth-order valence-corrected chi connectivity index (χ4v) is 5.12. The van der Waals surface area contributed by atoms with Crippen molar-refractivity contribution < 1.29 is 4.79 Å². The van der Waals surface area contributed by atoms with E-state index >= 15 is 0 Å². The van der Waals surface area contributed by atoms with Crippen LogP contribution in [0.2, 0.25) is 0 Å². The van der Waals surface area contributed by atoms with Crippen LogP contribution >= 0.6 is 0 Å². The number of hydrogen-bond donors (Lipinski definition) is 0. The lowest BCUT2D eigenvalue weighted by Crippen LogP contribution is -2.42. The molecule has 2 nitrogen and oxygen atoms in total. The number of carbonyl (C=O) groups excluding carboxylic acids is 1. The van der Waals surface area contributed by atoms with E-state index in [4.69, 9.17) is 0 Å². The van der Waals surface area contributed by atoms with Gasteiger partial charge in [0.1, 0.15) is 0 Å². The summed E-state index contributed by atoms with van der Waals surface area (Å²) >= 11 is 0. The van der Waals surface area contributed by atoms with Gasteiger partial charge in [0.2, 0.25) is 0 Å². The van der Waals surface area contributed by atoms with Crippen molar-refractivity contribution in [3.63, 3.8) is 0 Å². The molecular weight excluding hydrogens is 414 g/mol. The molecule has 4 aromatic rings. The molecule has 0 radical (unpaired) electrons. The Kier molecular flexibility index (Phi) is 6.40. The summed E-state index contributed by atoms with van der Waals surface area (Å²) in [6, 6.07) is 41.3. The fourth-order valence-electron chi connectivity index (χ4n) is 5.12. The number of carbonyl (C=O) groups is 1. The van der Waals surface area contributed by atoms with Crippen molar-refractivity contribution in [3.05, 3.63) is 144 Å². The summed E-state index contributed by atoms with van der Waals surface area (Å²) in [6.45, 7) is 0. The number of benzene rings is 4. The summed E-state index contributed by atoms with van der Waals surface area (Å²) in [5, 5.41) is 0. The molecule has 0 spiro atoms. The molecule has 1 atom stereocenters. The van der Waals surface area contributed by atoms with Crippen molar-refractivity contribution in [1.29, 1.82) is 0 Å². The van der Waals surface area contributed by atoms with Crippen LogP contribution in [0, 0.1) is 0 Å². The Morgan fingerprint density at radius 3 is 1.74 bits per heavy atom. The number of anilines is 2. The van der Waals surface area contributed by atoms with Gasteiger partial charge in [-0.15, -0.1) is 0 Å². The maximum atomic E-state index is 14.4. The van der Waals surface area contributed by atoms with Gasteiger partial charge in [-0.1, -0.05) is 97.1 Å². The normalized spacial score (nSPS) is 19.2. The maximum Gasteiger partial charge on any atom is 0.171 e. The van der Waals surface area contributed by atoms with Crippen molar-refractivity contribution in [2.24, 2.45) is 0 Å². The van der Waals surface area contributed by atoms with Crippen LogP contribution in [-0.4, -0.2) is 5.78 Å². The van der Waals surface area contributed by atoms with Crippen LogP contribution in [0.25, 0.3) is 0 Å². The first kappa shape index (κ1) is 21.9. The van der Waals surface area contributed by atoms with Crippen molar-refractivity contribution in [1.82, 2.24) is 0 Å². The Morgan fingerprint density at radius 2 is 1.18 bits per heavy atom. The quantitative estimate of drug-likeness (QED) is 0.285. The van der Waals surface area contributed by atoms with Crippen molar-refractivity contribution in [2.45, 2.75) is 31.1 Å². The predicted molar refractivity (Wildman–Crippen MR) is 140 cm³/mol. The Labute approximate surface area is 202 Å². The molecule has 1 aliphatic rings. The molecule has 34 heavy (non-hydrogen) atoms. The number of nitrogens with zero attached hydrogens (tertiary/aromatic N) is 1. The molecule has 0 heterocycles. The molecule has 0 N–H and O–H groups in total. The van der Waals surface area contributed by atoms with Gasteiger partial charge in [-0.05, 0) is 61.1 Å². The average Bonchev–Trinajstić information content (AvgIpc) is 2.91. The lowest BCUT2D eigenvalue weighted by Gasteiger charge is -2.38. The first-order chi connectivity index (χ1) is 16.8. The first-order valence-corrected chi connectivity index (χ1v) is 12.0. The molecular formula is C32H29NO. The second kappa shape index (κ2) is 9.93. The van der Waals surface area contributed by atoms with E-state index in [1.54, 1.807) is 0 Å². The standard InChI is InChI=1S/C32H29NO/c34-31-27(25-33(29-19-9-3-10-20-29)30-21-11-4-12-22-30)16-13-23-32(31,28-17-7-2-8-18-28)24-26-14-5-1-6-15-26/h1-12,14-15,17-22,25H,13,16,23-24H2/b27-25+/t32-/m0/s1. The molecule has 1 fully saturated rings. The topological polar surface area (TPSA) is 20.3 Å². The minimum absolute atomic E-state index is 0.241. The molecule has 0 aliphatic heterocycles. The molecule has 2 heteroatoms. The van der Waals surface area contributed by atoms with Crippen LogP contribution in [-0.2, 0) is 16.6 Å². The van der Waals surface area contributed by atoms with Gasteiger partial charge in [0.05, 0.1) is 5.41 Å². The summed E-state index contributed by atoms with van der Waals surface area (Å²) in [5.74, 6) is 0.241. The number of hydrogen-bond acceptors (Lipinski definition) is 2. The van der Waals surface area contributed by atoms with Crippen LogP contribution in [0.3, 0.4) is 0 Å². The fraction of sp³-hybridized carbons (Fsp3) is 0.156. The van der Waals surface area contributed by atoms with Gasteiger partial charge in [-0.3, -0.25) is 4.79 Å². The highest BCUT2D eigenvalue weighted by molar-refractivity contribution is 6.05. The van der Waals surface area contributed by atoms with Gasteiger partial charge in [0, 0.05) is 23.1 Å². The summed E-state index contributed by atoms with van der Waals surface area (Å²) in [5.41, 5.74) is 4.75. The zero-order chi connectivity index (χ0) is 23.2. The van der Waals surface area contributed by atoms with E-state index in [-0.39, 0.29) is 5.78 Å². The van der Waals surface area contributed by atoms with E-state index < -0.39 is 5.41 Å². The predicted octanol–water partition coefficient (Wildman–Crippen LogP) is 7.64. The number of Topliss-reactive ketones (excluding diaryl/α,β-unsaturated/α-hetero) is 1. The SMILES string of the molecule is O=C1/C(=C/N(c2ccccc2)c2ccccc2)CCC[C@]1(Cc1ccccc1)c1ccccc1. The molecule has 5 rings (SSSR count). The molecule has 1 saturated carbocycles. The van der Waals surface area contributed by atoms with Gasteiger partial charge in [0.25, 0.3) is 0 Å². The number of rotatable bonds is 6. The molecule has 0 aromatic heterocycles. The van der Waals surface area contributed by atoms with Gasteiger partial charge >= 0.3 is 0 Å². The Hall–Kier alpha value is -3.91. The number of para-hydroxylation sites is 2. The lowest BCUT2D eigenvalue weighted by atomic mass is 9.64. The highest BCUT2D eigenvalue weighted by atomic mass is 16.1. The maximum absolute atomic E-state index is 14.4. The number of ketones is 1. The Balaban J connectivity index is 1.60. The summed E-state index contributed by atoms with van der Waals surface area (Å²) in [7, 11) is 0. The zero-order valence-electron chi connectivity index (χ0n) is 19.3. The largest absolute Gasteiger partial charge is 0.317 e. The van der Waals surface area contributed by atoms with E-state index in [0.717, 1.165) is 41.8 Å². The van der Waals surface area contributed by atoms with E-state index in [0.29, 0.717) is 6.42 Å². The summed E-state index contributed by atoms with van der Waals surface area (Å²) < 4.78 is 0. The second-order valence-corrected chi connectivity index (χ2v) is 8.99. The Morgan fingerprint density at radius 1 is 0.676 bits per heavy atom. The zero-order valence-corrected chi connectivity index (χ0v) is 19.3. The first-order valence-electron chi connectivity index (χ1n) is 12.0. The third-order valence-corrected chi connectivity index (χ3v) is 6.80. The number of allylic oxidation sites excluding steroid dienone is 1. The smallest absolute Gasteiger partial charge is 0.171 e. The van der Waals surface area contributed by atoms with Crippen LogP contribution in [0.15, 0.2) is 133 Å². The van der Waals surface area contributed by atoms with Gasteiger partial charge in [0.15, 0.2) is 5.78 Å². The lowest BCUT2D eigenvalue weighted by molar-refractivity contribution is -0.122. The van der Waals surface area contributed by atoms with Crippen molar-refractivity contribution in [3.8, 4) is 0 Å². The summed E-state index contributed by atoms with van der Waals surface area (Å²) in [4.78, 5) is 16.5. The molecule has 0 bridgehead atoms. The van der Waals surface area contributed by atoms with E-state index in [1.165, 1.54) is 5.56 Å². The van der Waals surface area contributed by atoms with Gasteiger partial charge < -0.3 is 4.90 Å². The minimum atomic E-state index is -0.550. The Bertz CT molecular complexity index is 1210. The molecule has 0 amide bonds. The second-order valence-electron chi connectivity index (χ2n) is 8.99. The monoisotopic (exact) mass is 443 g/mol. The molecule has 0 saturated heterocycles. The van der Waals surface area contributed by atoms with Crippen LogP contribution in [0.1, 0.15) is 30.4 Å². The molecule has 1 aliphatic carbocycles. The minimum Gasteiger partial charge on any atom is -0.317 e. The summed E-state index contributed by atoms with van der Waals surface area (Å²) in [6.07, 6.45) is 5.42. The molecule has 168 valence electrons. The third kappa shape index (κ3) is 4.45. The van der Waals surface area contributed by atoms with E-state index in [9.17, 15) is 4.79 Å². The third-order valence-electron chi connectivity index (χ3n) is 6.80. The van der Waals surface area contributed by atoms with Crippen LogP contribution in [0.4, 0.5) is 11.4 Å². The van der Waals surface area contributed by atoms with Crippen LogP contribution < -0.4 is 4.90 Å². The van der Waals surface area contributed by atoms with E-state index in [2.05, 4.69) is 71.8 Å². The van der Waals surface area contributed by atoms with Crippen molar-refractivity contribution in [2.75, 3.05) is 4.90 Å². The van der Waals surface area contributed by atoms with Gasteiger partial charge in [-0.25, -0.2) is 0 Å².